The molecule has 0 spiro atoms. The third-order valence-electron chi connectivity index (χ3n) is 6.08. The fourth-order valence-corrected chi connectivity index (χ4v) is 4.20. The van der Waals surface area contributed by atoms with Crippen molar-refractivity contribution in [1.29, 1.82) is 0 Å². The number of amides is 1. The Hall–Kier alpha value is -4.53. The molecule has 0 saturated heterocycles. The fourth-order valence-electron chi connectivity index (χ4n) is 4.20. The molecule has 9 heteroatoms. The van der Waals surface area contributed by atoms with E-state index in [0.29, 0.717) is 50.7 Å². The quantitative estimate of drug-likeness (QED) is 0.343. The van der Waals surface area contributed by atoms with E-state index < -0.39 is 0 Å². The number of carbonyl (C=O) groups excluding carboxylic acids is 1. The summed E-state index contributed by atoms with van der Waals surface area (Å²) in [7, 11) is 1.60. The van der Waals surface area contributed by atoms with Crippen molar-refractivity contribution < 1.29 is 18.4 Å². The number of hydrogen-bond donors (Lipinski definition) is 1. The van der Waals surface area contributed by atoms with Crippen molar-refractivity contribution in [1.82, 2.24) is 19.9 Å². The Morgan fingerprint density at radius 3 is 2.58 bits per heavy atom. The fraction of sp³-hybridized carbons (Fsp3) is 0.185. The van der Waals surface area contributed by atoms with Crippen LogP contribution in [-0.4, -0.2) is 32.9 Å². The van der Waals surface area contributed by atoms with Crippen LogP contribution in [0.3, 0.4) is 0 Å². The van der Waals surface area contributed by atoms with Crippen molar-refractivity contribution in [2.75, 3.05) is 12.4 Å². The minimum atomic E-state index is -0.347. The minimum absolute atomic E-state index is 0.251. The predicted molar refractivity (Wildman–Crippen MR) is 134 cm³/mol. The lowest BCUT2D eigenvalue weighted by molar-refractivity contribution is 0.102. The van der Waals surface area contributed by atoms with Crippen LogP contribution in [0.4, 0.5) is 10.1 Å². The van der Waals surface area contributed by atoms with Gasteiger partial charge in [0.2, 0.25) is 0 Å². The molecule has 2 aromatic carbocycles. The van der Waals surface area contributed by atoms with Gasteiger partial charge >= 0.3 is 0 Å². The molecule has 3 aromatic heterocycles. The number of methoxy groups -OCH3 is 1. The number of aryl methyl sites for hydroxylation is 2. The highest BCUT2D eigenvalue weighted by molar-refractivity contribution is 6.15. The van der Waals surface area contributed by atoms with Gasteiger partial charge in [-0.15, -0.1) is 0 Å². The van der Waals surface area contributed by atoms with Gasteiger partial charge in [-0.1, -0.05) is 23.4 Å². The Morgan fingerprint density at radius 2 is 1.86 bits per heavy atom. The Kier molecular flexibility index (Phi) is 5.97. The summed E-state index contributed by atoms with van der Waals surface area (Å²) in [5.74, 6) is 0.0562. The van der Waals surface area contributed by atoms with Crippen LogP contribution < -0.4 is 10.1 Å². The average Bonchev–Trinajstić information content (AvgIpc) is 3.41. The van der Waals surface area contributed by atoms with Crippen molar-refractivity contribution in [3.8, 4) is 17.0 Å². The topological polar surface area (TPSA) is 95.1 Å². The number of nitrogens with one attached hydrogen (secondary N) is 1. The molecule has 0 unspecified atom stereocenters. The highest BCUT2D eigenvalue weighted by Crippen LogP contribution is 2.32. The summed E-state index contributed by atoms with van der Waals surface area (Å²) in [6.45, 7) is 5.68. The van der Waals surface area contributed by atoms with Gasteiger partial charge in [0.15, 0.2) is 0 Å². The number of aromatic nitrogens is 4. The Balaban J connectivity index is 1.51. The maximum Gasteiger partial charge on any atom is 0.259 e. The van der Waals surface area contributed by atoms with E-state index in [4.69, 9.17) is 9.26 Å². The summed E-state index contributed by atoms with van der Waals surface area (Å²) in [5.41, 5.74) is 4.97. The van der Waals surface area contributed by atoms with Crippen LogP contribution in [0.2, 0.25) is 0 Å². The van der Waals surface area contributed by atoms with E-state index in [1.54, 1.807) is 49.9 Å². The Morgan fingerprint density at radius 1 is 1.11 bits per heavy atom. The molecule has 0 aliphatic carbocycles. The van der Waals surface area contributed by atoms with Crippen molar-refractivity contribution in [3.05, 3.63) is 88.6 Å². The van der Waals surface area contributed by atoms with E-state index in [1.165, 1.54) is 6.07 Å². The Bertz CT molecular complexity index is 1590. The monoisotopic (exact) mass is 485 g/mol. The third-order valence-corrected chi connectivity index (χ3v) is 6.08. The van der Waals surface area contributed by atoms with E-state index in [0.717, 1.165) is 5.56 Å². The molecule has 0 radical (unpaired) electrons. The second kappa shape index (κ2) is 9.26. The average molecular weight is 486 g/mol. The zero-order chi connectivity index (χ0) is 25.4. The summed E-state index contributed by atoms with van der Waals surface area (Å²) >= 11 is 0. The molecule has 0 aliphatic rings. The van der Waals surface area contributed by atoms with Gasteiger partial charge in [0, 0.05) is 16.8 Å². The van der Waals surface area contributed by atoms with E-state index >= 15 is 0 Å². The summed E-state index contributed by atoms with van der Waals surface area (Å²) in [6.07, 6.45) is 0. The van der Waals surface area contributed by atoms with Crippen molar-refractivity contribution in [2.45, 2.75) is 27.3 Å². The summed E-state index contributed by atoms with van der Waals surface area (Å²) in [4.78, 5) is 18.0. The smallest absolute Gasteiger partial charge is 0.259 e. The SMILES string of the molecule is COc1ccc(-c2noc3nc(C)cc(C(=O)Nc4c(C)nn(Cc5ccccc5F)c4C)c23)cc1. The Labute approximate surface area is 206 Å². The van der Waals surface area contributed by atoms with Crippen molar-refractivity contribution >= 4 is 22.7 Å². The number of carbonyl (C=O) groups is 1. The van der Waals surface area contributed by atoms with Gasteiger partial charge in [-0.25, -0.2) is 9.37 Å². The second-order valence-electron chi connectivity index (χ2n) is 8.50. The zero-order valence-corrected chi connectivity index (χ0v) is 20.3. The van der Waals surface area contributed by atoms with E-state index in [1.807, 2.05) is 31.2 Å². The first-order chi connectivity index (χ1) is 17.4. The van der Waals surface area contributed by atoms with Crippen LogP contribution >= 0.6 is 0 Å². The molecular weight excluding hydrogens is 461 g/mol. The number of rotatable bonds is 6. The predicted octanol–water partition coefficient (Wildman–Crippen LogP) is 5.46. The standard InChI is InChI=1S/C27H24FN5O3/c1-15-13-21(23-25(32-36-27(23)29-15)18-9-11-20(35-4)12-10-18)26(34)30-24-16(2)31-33(17(24)3)14-19-7-5-6-8-22(19)28/h5-13H,14H2,1-4H3,(H,30,34). The van der Waals surface area contributed by atoms with Crippen LogP contribution in [-0.2, 0) is 6.54 Å². The maximum atomic E-state index is 14.2. The lowest BCUT2D eigenvalue weighted by Crippen LogP contribution is -2.14. The molecule has 0 atom stereocenters. The molecule has 5 rings (SSSR count). The van der Waals surface area contributed by atoms with Gasteiger partial charge < -0.3 is 14.6 Å². The largest absolute Gasteiger partial charge is 0.497 e. The summed E-state index contributed by atoms with van der Waals surface area (Å²) in [6, 6.07) is 15.6. The molecule has 0 aliphatic heterocycles. The number of benzene rings is 2. The molecule has 36 heavy (non-hydrogen) atoms. The number of fused-ring (bicyclic) bond motifs is 1. The lowest BCUT2D eigenvalue weighted by Gasteiger charge is -2.09. The number of halogens is 1. The second-order valence-corrected chi connectivity index (χ2v) is 8.50. The number of nitrogens with zero attached hydrogens (tertiary/aromatic N) is 4. The van der Waals surface area contributed by atoms with Crippen LogP contribution in [0.5, 0.6) is 5.75 Å². The van der Waals surface area contributed by atoms with E-state index in [2.05, 4.69) is 20.6 Å². The first kappa shape index (κ1) is 23.2. The number of pyridine rings is 1. The maximum absolute atomic E-state index is 14.2. The normalized spacial score (nSPS) is 11.1. The molecule has 1 N–H and O–H groups in total. The van der Waals surface area contributed by atoms with Crippen LogP contribution in [0, 0.1) is 26.6 Å². The first-order valence-corrected chi connectivity index (χ1v) is 11.4. The summed E-state index contributed by atoms with van der Waals surface area (Å²) in [5, 5.41) is 12.2. The van der Waals surface area contributed by atoms with Gasteiger partial charge in [0.25, 0.3) is 11.6 Å². The van der Waals surface area contributed by atoms with Gasteiger partial charge in [0.05, 0.1) is 41.7 Å². The minimum Gasteiger partial charge on any atom is -0.497 e. The van der Waals surface area contributed by atoms with Crippen molar-refractivity contribution in [3.63, 3.8) is 0 Å². The van der Waals surface area contributed by atoms with Crippen molar-refractivity contribution in [2.24, 2.45) is 0 Å². The molecule has 8 nitrogen and oxygen atoms in total. The molecule has 3 heterocycles. The van der Waals surface area contributed by atoms with Crippen LogP contribution in [0.15, 0.2) is 59.1 Å². The zero-order valence-electron chi connectivity index (χ0n) is 20.3. The lowest BCUT2D eigenvalue weighted by atomic mass is 10.0. The van der Waals surface area contributed by atoms with E-state index in [-0.39, 0.29) is 24.0 Å². The number of hydrogen-bond acceptors (Lipinski definition) is 6. The molecule has 0 bridgehead atoms. The van der Waals surface area contributed by atoms with Crippen LogP contribution in [0.1, 0.15) is 33.0 Å². The van der Waals surface area contributed by atoms with Crippen LogP contribution in [0.25, 0.3) is 22.4 Å². The molecular formula is C27H24FN5O3. The van der Waals surface area contributed by atoms with Gasteiger partial charge in [-0.05, 0) is 57.2 Å². The van der Waals surface area contributed by atoms with Gasteiger partial charge in [0.1, 0.15) is 17.3 Å². The van der Waals surface area contributed by atoms with Gasteiger partial charge in [-0.2, -0.15) is 5.10 Å². The van der Waals surface area contributed by atoms with Gasteiger partial charge in [-0.3, -0.25) is 9.48 Å². The molecule has 0 saturated carbocycles. The first-order valence-electron chi connectivity index (χ1n) is 11.4. The molecule has 1 amide bonds. The number of ether oxygens (including phenoxy) is 1. The molecule has 182 valence electrons. The highest BCUT2D eigenvalue weighted by atomic mass is 19.1. The van der Waals surface area contributed by atoms with E-state index in [9.17, 15) is 9.18 Å². The third kappa shape index (κ3) is 4.19. The summed E-state index contributed by atoms with van der Waals surface area (Å²) < 4.78 is 26.6. The highest BCUT2D eigenvalue weighted by Gasteiger charge is 2.23. The number of anilines is 1. The molecule has 5 aromatic rings. The molecule has 0 fully saturated rings.